The van der Waals surface area contributed by atoms with Crippen LogP contribution in [0.3, 0.4) is 0 Å². The summed E-state index contributed by atoms with van der Waals surface area (Å²) < 4.78 is 0. The maximum absolute atomic E-state index is 5.67. The van der Waals surface area contributed by atoms with E-state index in [0.717, 1.165) is 17.1 Å². The van der Waals surface area contributed by atoms with E-state index in [1.165, 1.54) is 5.56 Å². The van der Waals surface area contributed by atoms with Crippen molar-refractivity contribution < 1.29 is 0 Å². The topological polar surface area (TPSA) is 51.8 Å². The number of aromatic nitrogens is 2. The Morgan fingerprint density at radius 1 is 1.20 bits per heavy atom. The first-order valence-corrected chi connectivity index (χ1v) is 4.83. The number of hydrogen-bond donors (Lipinski definition) is 1. The van der Waals surface area contributed by atoms with Crippen molar-refractivity contribution in [3.63, 3.8) is 0 Å². The fourth-order valence-electron chi connectivity index (χ4n) is 1.40. The molecule has 0 aliphatic carbocycles. The summed E-state index contributed by atoms with van der Waals surface area (Å²) in [5.74, 6) is 0.727. The van der Waals surface area contributed by atoms with Crippen molar-refractivity contribution in [3.8, 4) is 11.4 Å². The van der Waals surface area contributed by atoms with Gasteiger partial charge in [0, 0.05) is 5.56 Å². The van der Waals surface area contributed by atoms with E-state index >= 15 is 0 Å². The number of anilines is 1. The Bertz CT molecular complexity index is 492. The first-order chi connectivity index (χ1) is 7.16. The molecular formula is C12H13N3. The number of aryl methyl sites for hydroxylation is 2. The minimum Gasteiger partial charge on any atom is -0.396 e. The second-order valence-corrected chi connectivity index (χ2v) is 3.60. The van der Waals surface area contributed by atoms with Crippen molar-refractivity contribution >= 4 is 5.69 Å². The Labute approximate surface area is 89.0 Å². The third kappa shape index (κ3) is 1.96. The molecule has 1 aromatic heterocycles. The van der Waals surface area contributed by atoms with Crippen LogP contribution in [0.2, 0.25) is 0 Å². The molecule has 2 rings (SSSR count). The Balaban J connectivity index is 2.50. The molecule has 0 aliphatic heterocycles. The molecule has 1 aromatic carbocycles. The number of nitrogen functional groups attached to an aromatic ring is 1. The van der Waals surface area contributed by atoms with Gasteiger partial charge in [0.25, 0.3) is 0 Å². The summed E-state index contributed by atoms with van der Waals surface area (Å²) in [6.07, 6.45) is 1.65. The van der Waals surface area contributed by atoms with Crippen LogP contribution in [-0.2, 0) is 0 Å². The number of nitrogens with two attached hydrogens (primary N) is 1. The number of benzene rings is 1. The zero-order valence-corrected chi connectivity index (χ0v) is 8.86. The maximum atomic E-state index is 5.67. The van der Waals surface area contributed by atoms with Crippen molar-refractivity contribution in [1.82, 2.24) is 9.97 Å². The van der Waals surface area contributed by atoms with Crippen molar-refractivity contribution in [2.24, 2.45) is 0 Å². The van der Waals surface area contributed by atoms with Crippen molar-refractivity contribution in [1.29, 1.82) is 0 Å². The lowest BCUT2D eigenvalue weighted by Gasteiger charge is -2.03. The van der Waals surface area contributed by atoms with Gasteiger partial charge in [0.05, 0.1) is 17.6 Å². The monoisotopic (exact) mass is 199 g/mol. The zero-order chi connectivity index (χ0) is 10.8. The molecule has 1 heterocycles. The van der Waals surface area contributed by atoms with Gasteiger partial charge in [-0.1, -0.05) is 23.8 Å². The van der Waals surface area contributed by atoms with Gasteiger partial charge in [0.15, 0.2) is 5.82 Å². The maximum Gasteiger partial charge on any atom is 0.159 e. The molecule has 0 fully saturated rings. The van der Waals surface area contributed by atoms with Gasteiger partial charge in [-0.15, -0.1) is 0 Å². The summed E-state index contributed by atoms with van der Waals surface area (Å²) in [6.45, 7) is 3.93. The summed E-state index contributed by atoms with van der Waals surface area (Å²) in [5, 5.41) is 0. The third-order valence-electron chi connectivity index (χ3n) is 2.29. The lowest BCUT2D eigenvalue weighted by atomic mass is 10.1. The van der Waals surface area contributed by atoms with Crippen LogP contribution in [0.5, 0.6) is 0 Å². The van der Waals surface area contributed by atoms with E-state index in [4.69, 9.17) is 5.73 Å². The van der Waals surface area contributed by atoms with Crippen LogP contribution in [0, 0.1) is 13.8 Å². The summed E-state index contributed by atoms with van der Waals surface area (Å²) in [4.78, 5) is 8.56. The Kier molecular flexibility index (Phi) is 2.37. The van der Waals surface area contributed by atoms with Gasteiger partial charge >= 0.3 is 0 Å². The van der Waals surface area contributed by atoms with Gasteiger partial charge in [-0.3, -0.25) is 0 Å². The van der Waals surface area contributed by atoms with Crippen molar-refractivity contribution in [3.05, 3.63) is 41.7 Å². The fraction of sp³-hybridized carbons (Fsp3) is 0.167. The number of nitrogens with zero attached hydrogens (tertiary/aromatic N) is 2. The van der Waals surface area contributed by atoms with E-state index in [-0.39, 0.29) is 0 Å². The van der Waals surface area contributed by atoms with Gasteiger partial charge in [-0.25, -0.2) is 9.97 Å². The van der Waals surface area contributed by atoms with Gasteiger partial charge < -0.3 is 5.73 Å². The smallest absolute Gasteiger partial charge is 0.159 e. The predicted molar refractivity (Wildman–Crippen MR) is 61.4 cm³/mol. The second kappa shape index (κ2) is 3.69. The minimum atomic E-state index is 0.631. The lowest BCUT2D eigenvalue weighted by Crippen LogP contribution is -1.97. The molecule has 0 saturated carbocycles. The van der Waals surface area contributed by atoms with E-state index in [0.29, 0.717) is 5.69 Å². The highest BCUT2D eigenvalue weighted by molar-refractivity contribution is 5.57. The Morgan fingerprint density at radius 2 is 2.00 bits per heavy atom. The molecule has 0 aliphatic rings. The van der Waals surface area contributed by atoms with Crippen LogP contribution in [0.1, 0.15) is 11.3 Å². The minimum absolute atomic E-state index is 0.631. The van der Waals surface area contributed by atoms with E-state index in [9.17, 15) is 0 Å². The third-order valence-corrected chi connectivity index (χ3v) is 2.29. The van der Waals surface area contributed by atoms with E-state index < -0.39 is 0 Å². The number of rotatable bonds is 1. The van der Waals surface area contributed by atoms with Crippen LogP contribution in [0.25, 0.3) is 11.4 Å². The molecule has 0 atom stereocenters. The van der Waals surface area contributed by atoms with Crippen LogP contribution in [-0.4, -0.2) is 9.97 Å². The molecular weight excluding hydrogens is 186 g/mol. The van der Waals surface area contributed by atoms with E-state index in [1.54, 1.807) is 6.20 Å². The molecule has 3 nitrogen and oxygen atoms in total. The van der Waals surface area contributed by atoms with Gasteiger partial charge in [-0.2, -0.15) is 0 Å². The summed E-state index contributed by atoms with van der Waals surface area (Å²) in [7, 11) is 0. The second-order valence-electron chi connectivity index (χ2n) is 3.60. The normalized spacial score (nSPS) is 10.3. The highest BCUT2D eigenvalue weighted by Crippen LogP contribution is 2.17. The van der Waals surface area contributed by atoms with Crippen molar-refractivity contribution in [2.45, 2.75) is 13.8 Å². The Hall–Kier alpha value is -1.90. The van der Waals surface area contributed by atoms with Crippen LogP contribution >= 0.6 is 0 Å². The Morgan fingerprint density at radius 3 is 2.67 bits per heavy atom. The molecule has 76 valence electrons. The highest BCUT2D eigenvalue weighted by Gasteiger charge is 2.03. The lowest BCUT2D eigenvalue weighted by molar-refractivity contribution is 1.12. The standard InChI is InChI=1S/C12H13N3/c1-8-4-3-5-10(6-8)12-14-7-11(13)9(2)15-12/h3-7H,13H2,1-2H3. The molecule has 2 aromatic rings. The largest absolute Gasteiger partial charge is 0.396 e. The van der Waals surface area contributed by atoms with E-state index in [2.05, 4.69) is 16.0 Å². The van der Waals surface area contributed by atoms with Gasteiger partial charge in [0.1, 0.15) is 0 Å². The summed E-state index contributed by atoms with van der Waals surface area (Å²) in [6, 6.07) is 8.11. The first-order valence-electron chi connectivity index (χ1n) is 4.83. The molecule has 0 saturated heterocycles. The fourth-order valence-corrected chi connectivity index (χ4v) is 1.40. The summed E-state index contributed by atoms with van der Waals surface area (Å²) >= 11 is 0. The molecule has 15 heavy (non-hydrogen) atoms. The van der Waals surface area contributed by atoms with Crippen LogP contribution in [0.4, 0.5) is 5.69 Å². The molecule has 3 heteroatoms. The SMILES string of the molecule is Cc1cccc(-c2ncc(N)c(C)n2)c1. The van der Waals surface area contributed by atoms with Crippen molar-refractivity contribution in [2.75, 3.05) is 5.73 Å². The van der Waals surface area contributed by atoms with E-state index in [1.807, 2.05) is 32.0 Å². The highest BCUT2D eigenvalue weighted by atomic mass is 14.9. The average Bonchev–Trinajstić information content (AvgIpc) is 2.22. The number of hydrogen-bond acceptors (Lipinski definition) is 3. The first kappa shape index (κ1) is 9.65. The molecule has 0 bridgehead atoms. The van der Waals surface area contributed by atoms with Gasteiger partial charge in [-0.05, 0) is 19.9 Å². The zero-order valence-electron chi connectivity index (χ0n) is 8.86. The average molecular weight is 199 g/mol. The molecule has 0 amide bonds. The van der Waals surface area contributed by atoms with Crippen LogP contribution in [0.15, 0.2) is 30.5 Å². The molecule has 0 unspecified atom stereocenters. The molecule has 0 spiro atoms. The molecule has 0 radical (unpaired) electrons. The summed E-state index contributed by atoms with van der Waals surface area (Å²) in [5.41, 5.74) is 9.35. The van der Waals surface area contributed by atoms with Crippen LogP contribution < -0.4 is 5.73 Å². The predicted octanol–water partition coefficient (Wildman–Crippen LogP) is 2.34. The van der Waals surface area contributed by atoms with Gasteiger partial charge in [0.2, 0.25) is 0 Å². The quantitative estimate of drug-likeness (QED) is 0.767. The molecule has 2 N–H and O–H groups in total.